The summed E-state index contributed by atoms with van der Waals surface area (Å²) in [5, 5.41) is 3.04. The van der Waals surface area contributed by atoms with Crippen molar-refractivity contribution in [2.45, 2.75) is 30.5 Å². The van der Waals surface area contributed by atoms with Crippen LogP contribution in [0.25, 0.3) is 0 Å². The molecule has 5 nitrogen and oxygen atoms in total. The molecule has 10 heteroatoms. The Kier molecular flexibility index (Phi) is 6.74. The van der Waals surface area contributed by atoms with Gasteiger partial charge in [-0.15, -0.1) is 0 Å². The van der Waals surface area contributed by atoms with E-state index in [4.69, 9.17) is 11.6 Å². The van der Waals surface area contributed by atoms with Crippen molar-refractivity contribution in [3.63, 3.8) is 0 Å². The molecule has 3 rings (SSSR count). The van der Waals surface area contributed by atoms with E-state index in [9.17, 15) is 26.4 Å². The standard InChI is InChI=1S/C20H20ClF3N2O3S/c21-17-6-8-18(9-7-17)30(28,29)26-10-2-4-15(13-26)19(27)25-12-14-3-1-5-16(11-14)20(22,23)24/h1,3,5-9,11,15H,2,4,10,12-13H2,(H,25,27)/t15-/m0/s1. The zero-order valence-electron chi connectivity index (χ0n) is 15.8. The maximum atomic E-state index is 12.8. The van der Waals surface area contributed by atoms with Crippen molar-refractivity contribution in [1.82, 2.24) is 9.62 Å². The lowest BCUT2D eigenvalue weighted by Crippen LogP contribution is -2.45. The Morgan fingerprint density at radius 3 is 2.53 bits per heavy atom. The molecule has 2 aromatic carbocycles. The van der Waals surface area contributed by atoms with Gasteiger partial charge in [0.05, 0.1) is 16.4 Å². The molecule has 1 aliphatic heterocycles. The van der Waals surface area contributed by atoms with Crippen molar-refractivity contribution >= 4 is 27.5 Å². The van der Waals surface area contributed by atoms with Crippen molar-refractivity contribution in [3.05, 3.63) is 64.7 Å². The highest BCUT2D eigenvalue weighted by Gasteiger charge is 2.33. The summed E-state index contributed by atoms with van der Waals surface area (Å²) in [6, 6.07) is 10.5. The number of amides is 1. The van der Waals surface area contributed by atoms with Crippen LogP contribution in [0.3, 0.4) is 0 Å². The second kappa shape index (κ2) is 8.95. The lowest BCUT2D eigenvalue weighted by atomic mass is 9.98. The largest absolute Gasteiger partial charge is 0.416 e. The van der Waals surface area contributed by atoms with Gasteiger partial charge in [0.25, 0.3) is 0 Å². The smallest absolute Gasteiger partial charge is 0.352 e. The Bertz CT molecular complexity index is 1010. The third kappa shape index (κ3) is 5.33. The number of carbonyl (C=O) groups excluding carboxylic acids is 1. The zero-order chi connectivity index (χ0) is 21.9. The van der Waals surface area contributed by atoms with Crippen LogP contribution in [-0.2, 0) is 27.5 Å². The van der Waals surface area contributed by atoms with Crippen molar-refractivity contribution in [2.24, 2.45) is 5.92 Å². The van der Waals surface area contributed by atoms with Gasteiger partial charge in [0.1, 0.15) is 0 Å². The van der Waals surface area contributed by atoms with Gasteiger partial charge in [-0.25, -0.2) is 8.42 Å². The first-order valence-electron chi connectivity index (χ1n) is 9.27. The number of carbonyl (C=O) groups is 1. The maximum Gasteiger partial charge on any atom is 0.416 e. The zero-order valence-corrected chi connectivity index (χ0v) is 17.4. The molecule has 1 heterocycles. The van der Waals surface area contributed by atoms with Gasteiger partial charge in [0.15, 0.2) is 0 Å². The van der Waals surface area contributed by atoms with Crippen molar-refractivity contribution in [3.8, 4) is 0 Å². The summed E-state index contributed by atoms with van der Waals surface area (Å²) in [5.41, 5.74) is -0.466. The molecule has 0 aromatic heterocycles. The number of nitrogens with one attached hydrogen (secondary N) is 1. The SMILES string of the molecule is O=C(NCc1cccc(C(F)(F)F)c1)[C@H]1CCCN(S(=O)(=O)c2ccc(Cl)cc2)C1. The molecule has 2 aromatic rings. The summed E-state index contributed by atoms with van der Waals surface area (Å²) < 4.78 is 65.4. The molecule has 0 unspecified atom stereocenters. The summed E-state index contributed by atoms with van der Waals surface area (Å²) in [4.78, 5) is 12.6. The number of benzene rings is 2. The first kappa shape index (κ1) is 22.6. The monoisotopic (exact) mass is 460 g/mol. The van der Waals surface area contributed by atoms with Crippen molar-refractivity contribution < 1.29 is 26.4 Å². The highest BCUT2D eigenvalue weighted by molar-refractivity contribution is 7.89. The van der Waals surface area contributed by atoms with Gasteiger partial charge >= 0.3 is 6.18 Å². The summed E-state index contributed by atoms with van der Waals surface area (Å²) in [5.74, 6) is -0.963. The number of alkyl halides is 3. The fraction of sp³-hybridized carbons (Fsp3) is 0.350. The van der Waals surface area contributed by atoms with Crippen molar-refractivity contribution in [1.29, 1.82) is 0 Å². The van der Waals surface area contributed by atoms with Gasteiger partial charge in [0, 0.05) is 24.7 Å². The van der Waals surface area contributed by atoms with Crippen LogP contribution in [0.5, 0.6) is 0 Å². The molecule has 1 fully saturated rings. The second-order valence-corrected chi connectivity index (χ2v) is 9.45. The number of hydrogen-bond donors (Lipinski definition) is 1. The summed E-state index contributed by atoms with van der Waals surface area (Å²) >= 11 is 5.81. The van der Waals surface area contributed by atoms with E-state index in [-0.39, 0.29) is 23.9 Å². The van der Waals surface area contributed by atoms with Gasteiger partial charge < -0.3 is 5.32 Å². The van der Waals surface area contributed by atoms with Crippen LogP contribution in [-0.4, -0.2) is 31.7 Å². The molecular weight excluding hydrogens is 441 g/mol. The maximum absolute atomic E-state index is 12.8. The summed E-state index contributed by atoms with van der Waals surface area (Å²) in [7, 11) is -3.76. The predicted octanol–water partition coefficient (Wildman–Crippen LogP) is 4.08. The van der Waals surface area contributed by atoms with E-state index in [0.717, 1.165) is 12.1 Å². The highest BCUT2D eigenvalue weighted by atomic mass is 35.5. The average Bonchev–Trinajstić information content (AvgIpc) is 2.72. The molecule has 1 atom stereocenters. The molecule has 30 heavy (non-hydrogen) atoms. The van der Waals surface area contributed by atoms with Crippen molar-refractivity contribution in [2.75, 3.05) is 13.1 Å². The average molecular weight is 461 g/mol. The first-order valence-corrected chi connectivity index (χ1v) is 11.1. The van der Waals surface area contributed by atoms with E-state index < -0.39 is 27.7 Å². The van der Waals surface area contributed by atoms with Gasteiger partial charge in [0.2, 0.25) is 15.9 Å². The van der Waals surface area contributed by atoms with Crippen LogP contribution >= 0.6 is 11.6 Å². The molecule has 0 saturated carbocycles. The number of rotatable bonds is 5. The minimum absolute atomic E-state index is 0.0133. The van der Waals surface area contributed by atoms with E-state index >= 15 is 0 Å². The molecular formula is C20H20ClF3N2O3S. The molecule has 162 valence electrons. The number of hydrogen-bond acceptors (Lipinski definition) is 3. The van der Waals surface area contributed by atoms with Crippen LogP contribution < -0.4 is 5.32 Å². The number of sulfonamides is 1. The van der Waals surface area contributed by atoms with Crippen LogP contribution in [0.2, 0.25) is 5.02 Å². The Labute approximate surface area is 177 Å². The van der Waals surface area contributed by atoms with E-state index in [1.165, 1.54) is 40.7 Å². The molecule has 0 aliphatic carbocycles. The lowest BCUT2D eigenvalue weighted by Gasteiger charge is -2.31. The quantitative estimate of drug-likeness (QED) is 0.731. The van der Waals surface area contributed by atoms with Crippen LogP contribution in [0, 0.1) is 5.92 Å². The van der Waals surface area contributed by atoms with Gasteiger partial charge in [-0.2, -0.15) is 17.5 Å². The topological polar surface area (TPSA) is 66.5 Å². The molecule has 1 aliphatic rings. The van der Waals surface area contributed by atoms with E-state index in [1.54, 1.807) is 0 Å². The Morgan fingerprint density at radius 1 is 1.17 bits per heavy atom. The van der Waals surface area contributed by atoms with Crippen LogP contribution in [0.4, 0.5) is 13.2 Å². The Balaban J connectivity index is 1.64. The highest BCUT2D eigenvalue weighted by Crippen LogP contribution is 2.29. The first-order chi connectivity index (χ1) is 14.1. The van der Waals surface area contributed by atoms with Gasteiger partial charge in [-0.3, -0.25) is 4.79 Å². The van der Waals surface area contributed by atoms with Crippen LogP contribution in [0.15, 0.2) is 53.4 Å². The molecule has 1 saturated heterocycles. The lowest BCUT2D eigenvalue weighted by molar-refractivity contribution is -0.137. The minimum Gasteiger partial charge on any atom is -0.352 e. The Morgan fingerprint density at radius 2 is 1.87 bits per heavy atom. The van der Waals surface area contributed by atoms with Crippen LogP contribution in [0.1, 0.15) is 24.0 Å². The predicted molar refractivity (Wildman–Crippen MR) is 106 cm³/mol. The van der Waals surface area contributed by atoms with Gasteiger partial charge in [-0.05, 0) is 54.8 Å². The molecule has 0 spiro atoms. The van der Waals surface area contributed by atoms with E-state index in [2.05, 4.69) is 5.32 Å². The minimum atomic E-state index is -4.46. The van der Waals surface area contributed by atoms with Gasteiger partial charge in [-0.1, -0.05) is 23.7 Å². The third-order valence-electron chi connectivity index (χ3n) is 4.93. The molecule has 0 bridgehead atoms. The fourth-order valence-corrected chi connectivity index (χ4v) is 4.97. The number of halogens is 4. The molecule has 1 amide bonds. The van der Waals surface area contributed by atoms with E-state index in [1.807, 2.05) is 0 Å². The second-order valence-electron chi connectivity index (χ2n) is 7.07. The third-order valence-corrected chi connectivity index (χ3v) is 7.06. The Hall–Kier alpha value is -2.10. The molecule has 1 N–H and O–H groups in total. The number of piperidine rings is 1. The molecule has 0 radical (unpaired) electrons. The summed E-state index contributed by atoms with van der Waals surface area (Å²) in [6.45, 7) is 0.241. The fourth-order valence-electron chi connectivity index (χ4n) is 3.32. The summed E-state index contributed by atoms with van der Waals surface area (Å²) in [6.07, 6.45) is -3.45. The number of nitrogens with zero attached hydrogens (tertiary/aromatic N) is 1. The van der Waals surface area contributed by atoms with E-state index in [0.29, 0.717) is 30.0 Å². The normalized spacial score (nSPS) is 18.2.